The van der Waals surface area contributed by atoms with Crippen molar-refractivity contribution in [3.8, 4) is 0 Å². The highest BCUT2D eigenvalue weighted by Gasteiger charge is 2.15. The Morgan fingerprint density at radius 1 is 1.19 bits per heavy atom. The van der Waals surface area contributed by atoms with Crippen molar-refractivity contribution in [1.29, 1.82) is 0 Å². The van der Waals surface area contributed by atoms with Crippen LogP contribution in [0.15, 0.2) is 0 Å². The standard InChI is InChI=1S/C11H17N3.C2H6/c1-7(2)10-13-8(3)9-5-4-6-12-11(9)14-10;1-2/h7H,4-6H2,1-3H3,(H,12,13,14);1-2H3. The Labute approximate surface area is 98.7 Å². The maximum Gasteiger partial charge on any atom is 0.133 e. The molecule has 0 radical (unpaired) electrons. The van der Waals surface area contributed by atoms with Gasteiger partial charge in [0, 0.05) is 23.7 Å². The lowest BCUT2D eigenvalue weighted by molar-refractivity contribution is 0.733. The first-order chi connectivity index (χ1) is 7.68. The molecule has 2 rings (SSSR count). The van der Waals surface area contributed by atoms with E-state index in [-0.39, 0.29) is 0 Å². The van der Waals surface area contributed by atoms with Crippen molar-refractivity contribution in [3.05, 3.63) is 17.1 Å². The highest BCUT2D eigenvalue weighted by Crippen LogP contribution is 2.23. The number of anilines is 1. The average Bonchev–Trinajstić information content (AvgIpc) is 2.31. The van der Waals surface area contributed by atoms with Gasteiger partial charge in [0.1, 0.15) is 11.6 Å². The van der Waals surface area contributed by atoms with Crippen LogP contribution in [0.5, 0.6) is 0 Å². The Kier molecular flexibility index (Phi) is 4.71. The lowest BCUT2D eigenvalue weighted by atomic mass is 10.0. The molecule has 0 amide bonds. The first-order valence-corrected chi connectivity index (χ1v) is 6.29. The van der Waals surface area contributed by atoms with Gasteiger partial charge in [0.2, 0.25) is 0 Å². The highest BCUT2D eigenvalue weighted by molar-refractivity contribution is 5.48. The summed E-state index contributed by atoms with van der Waals surface area (Å²) in [7, 11) is 0. The van der Waals surface area contributed by atoms with Gasteiger partial charge < -0.3 is 5.32 Å². The number of hydrogen-bond donors (Lipinski definition) is 1. The average molecular weight is 221 g/mol. The number of aryl methyl sites for hydroxylation is 1. The molecule has 16 heavy (non-hydrogen) atoms. The highest BCUT2D eigenvalue weighted by atomic mass is 15.0. The minimum Gasteiger partial charge on any atom is -0.370 e. The van der Waals surface area contributed by atoms with E-state index in [0.717, 1.165) is 30.3 Å². The molecular formula is C13H23N3. The summed E-state index contributed by atoms with van der Waals surface area (Å²) in [5, 5.41) is 3.35. The van der Waals surface area contributed by atoms with Gasteiger partial charge in [-0.3, -0.25) is 0 Å². The summed E-state index contributed by atoms with van der Waals surface area (Å²) in [6.45, 7) is 11.4. The summed E-state index contributed by atoms with van der Waals surface area (Å²) < 4.78 is 0. The molecule has 0 spiro atoms. The molecule has 0 bridgehead atoms. The lowest BCUT2D eigenvalue weighted by Crippen LogP contribution is -2.17. The van der Waals surface area contributed by atoms with E-state index in [0.29, 0.717) is 5.92 Å². The van der Waals surface area contributed by atoms with Gasteiger partial charge >= 0.3 is 0 Å². The van der Waals surface area contributed by atoms with Crippen molar-refractivity contribution in [1.82, 2.24) is 9.97 Å². The summed E-state index contributed by atoms with van der Waals surface area (Å²) in [5.74, 6) is 2.42. The van der Waals surface area contributed by atoms with Crippen LogP contribution in [0.3, 0.4) is 0 Å². The largest absolute Gasteiger partial charge is 0.370 e. The molecule has 2 heterocycles. The van der Waals surface area contributed by atoms with Gasteiger partial charge in [-0.05, 0) is 19.8 Å². The van der Waals surface area contributed by atoms with Crippen LogP contribution in [0.25, 0.3) is 0 Å². The van der Waals surface area contributed by atoms with Crippen LogP contribution >= 0.6 is 0 Å². The third-order valence-electron chi connectivity index (χ3n) is 2.64. The zero-order valence-electron chi connectivity index (χ0n) is 11.1. The monoisotopic (exact) mass is 221 g/mol. The van der Waals surface area contributed by atoms with E-state index < -0.39 is 0 Å². The number of nitrogens with zero attached hydrogens (tertiary/aromatic N) is 2. The van der Waals surface area contributed by atoms with Gasteiger partial charge in [-0.25, -0.2) is 9.97 Å². The normalized spacial score (nSPS) is 13.6. The van der Waals surface area contributed by atoms with E-state index in [1.54, 1.807) is 0 Å². The minimum absolute atomic E-state index is 0.405. The number of fused-ring (bicyclic) bond motifs is 1. The molecule has 0 unspecified atom stereocenters. The molecule has 0 aliphatic carbocycles. The maximum absolute atomic E-state index is 4.55. The summed E-state index contributed by atoms with van der Waals surface area (Å²) in [6, 6.07) is 0. The third-order valence-corrected chi connectivity index (χ3v) is 2.64. The second-order valence-electron chi connectivity index (χ2n) is 4.18. The molecule has 0 fully saturated rings. The summed E-state index contributed by atoms with van der Waals surface area (Å²) >= 11 is 0. The summed E-state index contributed by atoms with van der Waals surface area (Å²) in [4.78, 5) is 9.09. The molecule has 90 valence electrons. The quantitative estimate of drug-likeness (QED) is 0.790. The second-order valence-corrected chi connectivity index (χ2v) is 4.18. The number of hydrogen-bond acceptors (Lipinski definition) is 3. The van der Waals surface area contributed by atoms with Gasteiger partial charge in [0.05, 0.1) is 0 Å². The molecule has 0 saturated heterocycles. The van der Waals surface area contributed by atoms with E-state index in [4.69, 9.17) is 0 Å². The Morgan fingerprint density at radius 3 is 2.50 bits per heavy atom. The molecule has 1 aromatic heterocycles. The Balaban J connectivity index is 0.000000606. The van der Waals surface area contributed by atoms with Gasteiger partial charge in [0.15, 0.2) is 0 Å². The molecule has 0 atom stereocenters. The van der Waals surface area contributed by atoms with Gasteiger partial charge in [-0.1, -0.05) is 27.7 Å². The summed E-state index contributed by atoms with van der Waals surface area (Å²) in [5.41, 5.74) is 2.45. The molecule has 0 saturated carbocycles. The fourth-order valence-corrected chi connectivity index (χ4v) is 1.79. The fourth-order valence-electron chi connectivity index (χ4n) is 1.79. The Morgan fingerprint density at radius 2 is 1.88 bits per heavy atom. The molecule has 0 aromatic carbocycles. The first kappa shape index (κ1) is 12.9. The molecule has 1 aromatic rings. The Bertz CT molecular complexity index is 345. The molecule has 1 aliphatic heterocycles. The topological polar surface area (TPSA) is 37.8 Å². The van der Waals surface area contributed by atoms with Crippen molar-refractivity contribution < 1.29 is 0 Å². The van der Waals surface area contributed by atoms with Crippen molar-refractivity contribution in [2.24, 2.45) is 0 Å². The van der Waals surface area contributed by atoms with Crippen LogP contribution in [0, 0.1) is 6.92 Å². The number of nitrogens with one attached hydrogen (secondary N) is 1. The van der Waals surface area contributed by atoms with E-state index in [1.165, 1.54) is 12.0 Å². The fraction of sp³-hybridized carbons (Fsp3) is 0.692. The molecule has 3 heteroatoms. The van der Waals surface area contributed by atoms with Gasteiger partial charge in [-0.2, -0.15) is 0 Å². The van der Waals surface area contributed by atoms with Crippen LogP contribution in [0.4, 0.5) is 5.82 Å². The molecule has 1 N–H and O–H groups in total. The predicted molar refractivity (Wildman–Crippen MR) is 69.0 cm³/mol. The van der Waals surface area contributed by atoms with Crippen LogP contribution in [-0.2, 0) is 6.42 Å². The van der Waals surface area contributed by atoms with E-state index >= 15 is 0 Å². The first-order valence-electron chi connectivity index (χ1n) is 6.29. The van der Waals surface area contributed by atoms with Gasteiger partial charge in [0.25, 0.3) is 0 Å². The number of rotatable bonds is 1. The van der Waals surface area contributed by atoms with Gasteiger partial charge in [-0.15, -0.1) is 0 Å². The number of aromatic nitrogens is 2. The van der Waals surface area contributed by atoms with Crippen LogP contribution in [-0.4, -0.2) is 16.5 Å². The van der Waals surface area contributed by atoms with Crippen molar-refractivity contribution in [2.75, 3.05) is 11.9 Å². The summed E-state index contributed by atoms with van der Waals surface area (Å²) in [6.07, 6.45) is 2.31. The third kappa shape index (κ3) is 2.71. The van der Waals surface area contributed by atoms with Crippen LogP contribution < -0.4 is 5.32 Å². The lowest BCUT2D eigenvalue weighted by Gasteiger charge is -2.19. The van der Waals surface area contributed by atoms with Crippen molar-refractivity contribution in [2.45, 2.75) is 53.4 Å². The Hall–Kier alpha value is -1.12. The predicted octanol–water partition coefficient (Wildman–Crippen LogP) is 3.29. The maximum atomic E-state index is 4.55. The zero-order chi connectivity index (χ0) is 12.1. The van der Waals surface area contributed by atoms with Crippen molar-refractivity contribution >= 4 is 5.82 Å². The van der Waals surface area contributed by atoms with Crippen molar-refractivity contribution in [3.63, 3.8) is 0 Å². The molecular weight excluding hydrogens is 198 g/mol. The van der Waals surface area contributed by atoms with E-state index in [1.807, 2.05) is 13.8 Å². The minimum atomic E-state index is 0.405. The van der Waals surface area contributed by atoms with E-state index in [9.17, 15) is 0 Å². The van der Waals surface area contributed by atoms with E-state index in [2.05, 4.69) is 36.1 Å². The zero-order valence-corrected chi connectivity index (χ0v) is 11.1. The molecule has 1 aliphatic rings. The smallest absolute Gasteiger partial charge is 0.133 e. The molecule has 3 nitrogen and oxygen atoms in total. The van der Waals surface area contributed by atoms with Crippen LogP contribution in [0.2, 0.25) is 0 Å². The SMILES string of the molecule is CC.Cc1nc(C(C)C)nc2c1CCCN2. The van der Waals surface area contributed by atoms with Crippen LogP contribution in [0.1, 0.15) is 57.1 Å². The second kappa shape index (κ2) is 5.83.